The summed E-state index contributed by atoms with van der Waals surface area (Å²) in [5.41, 5.74) is 1.37. The van der Waals surface area contributed by atoms with Crippen LogP contribution in [-0.2, 0) is 0 Å². The molecule has 0 aromatic heterocycles. The monoisotopic (exact) mass is 209 g/mol. The van der Waals surface area contributed by atoms with Gasteiger partial charge in [0.05, 0.1) is 0 Å². The Kier molecular flexibility index (Phi) is 3.09. The van der Waals surface area contributed by atoms with Gasteiger partial charge in [-0.2, -0.15) is 0 Å². The van der Waals surface area contributed by atoms with Crippen molar-refractivity contribution in [2.75, 3.05) is 13.1 Å². The summed E-state index contributed by atoms with van der Waals surface area (Å²) < 4.78 is 0. The highest BCUT2D eigenvalue weighted by atomic mass is 35.5. The smallest absolute Gasteiger partial charge is 0.0406 e. The number of hydrogen-bond acceptors (Lipinski definition) is 1. The van der Waals surface area contributed by atoms with Crippen molar-refractivity contribution in [3.8, 4) is 0 Å². The summed E-state index contributed by atoms with van der Waals surface area (Å²) in [6.07, 6.45) is 2.69. The van der Waals surface area contributed by atoms with Gasteiger partial charge in [0.15, 0.2) is 0 Å². The molecule has 76 valence electrons. The van der Waals surface area contributed by atoms with E-state index in [0.717, 1.165) is 5.02 Å². The third kappa shape index (κ3) is 2.10. The lowest BCUT2D eigenvalue weighted by atomic mass is 10.1. The van der Waals surface area contributed by atoms with Crippen molar-refractivity contribution in [1.82, 2.24) is 4.90 Å². The van der Waals surface area contributed by atoms with Crippen molar-refractivity contribution in [2.45, 2.75) is 25.8 Å². The Morgan fingerprint density at radius 3 is 2.29 bits per heavy atom. The molecule has 1 aromatic rings. The van der Waals surface area contributed by atoms with Crippen molar-refractivity contribution in [2.24, 2.45) is 0 Å². The predicted molar refractivity (Wildman–Crippen MR) is 60.7 cm³/mol. The highest BCUT2D eigenvalue weighted by molar-refractivity contribution is 6.30. The summed E-state index contributed by atoms with van der Waals surface area (Å²) in [6.45, 7) is 4.75. The summed E-state index contributed by atoms with van der Waals surface area (Å²) in [6, 6.07) is 8.75. The summed E-state index contributed by atoms with van der Waals surface area (Å²) in [5, 5.41) is 0.822. The Labute approximate surface area is 90.7 Å². The first-order valence-electron chi connectivity index (χ1n) is 5.27. The standard InChI is InChI=1S/C12H16ClN/c1-10(14-8-2-3-9-14)11-4-6-12(13)7-5-11/h4-7,10H,2-3,8-9H2,1H3/t10-/m0/s1. The van der Waals surface area contributed by atoms with E-state index in [0.29, 0.717) is 6.04 Å². The largest absolute Gasteiger partial charge is 0.297 e. The number of rotatable bonds is 2. The molecule has 0 aliphatic carbocycles. The fourth-order valence-corrected chi connectivity index (χ4v) is 2.21. The van der Waals surface area contributed by atoms with E-state index in [9.17, 15) is 0 Å². The molecular weight excluding hydrogens is 194 g/mol. The molecule has 14 heavy (non-hydrogen) atoms. The van der Waals surface area contributed by atoms with E-state index in [1.807, 2.05) is 12.1 Å². The highest BCUT2D eigenvalue weighted by Crippen LogP contribution is 2.25. The normalized spacial score (nSPS) is 19.9. The molecule has 2 heteroatoms. The Morgan fingerprint density at radius 2 is 1.71 bits per heavy atom. The zero-order valence-corrected chi connectivity index (χ0v) is 9.30. The Bertz CT molecular complexity index is 288. The molecule has 1 aliphatic heterocycles. The first-order chi connectivity index (χ1) is 6.77. The van der Waals surface area contributed by atoms with E-state index in [-0.39, 0.29) is 0 Å². The average molecular weight is 210 g/mol. The summed E-state index contributed by atoms with van der Waals surface area (Å²) in [5.74, 6) is 0. The van der Waals surface area contributed by atoms with Crippen molar-refractivity contribution >= 4 is 11.6 Å². The van der Waals surface area contributed by atoms with Crippen LogP contribution in [0.5, 0.6) is 0 Å². The van der Waals surface area contributed by atoms with Gasteiger partial charge < -0.3 is 0 Å². The lowest BCUT2D eigenvalue weighted by Gasteiger charge is -2.23. The van der Waals surface area contributed by atoms with Gasteiger partial charge in [0.1, 0.15) is 0 Å². The van der Waals surface area contributed by atoms with Gasteiger partial charge in [-0.1, -0.05) is 23.7 Å². The van der Waals surface area contributed by atoms with Crippen LogP contribution in [0.4, 0.5) is 0 Å². The second kappa shape index (κ2) is 4.33. The number of hydrogen-bond donors (Lipinski definition) is 0. The molecule has 1 heterocycles. The van der Waals surface area contributed by atoms with Crippen LogP contribution in [0.1, 0.15) is 31.4 Å². The van der Waals surface area contributed by atoms with Crippen molar-refractivity contribution in [3.63, 3.8) is 0 Å². The summed E-state index contributed by atoms with van der Waals surface area (Å²) >= 11 is 5.86. The van der Waals surface area contributed by atoms with Crippen molar-refractivity contribution < 1.29 is 0 Å². The maximum absolute atomic E-state index is 5.86. The number of halogens is 1. The van der Waals surface area contributed by atoms with Crippen LogP contribution in [0.3, 0.4) is 0 Å². The molecule has 1 fully saturated rings. The molecule has 1 aromatic carbocycles. The molecule has 1 nitrogen and oxygen atoms in total. The quantitative estimate of drug-likeness (QED) is 0.721. The van der Waals surface area contributed by atoms with Gasteiger partial charge in [-0.15, -0.1) is 0 Å². The second-order valence-corrected chi connectivity index (χ2v) is 4.41. The van der Waals surface area contributed by atoms with Gasteiger partial charge in [0.25, 0.3) is 0 Å². The fourth-order valence-electron chi connectivity index (χ4n) is 2.08. The highest BCUT2D eigenvalue weighted by Gasteiger charge is 2.18. The first kappa shape index (κ1) is 10.0. The van der Waals surface area contributed by atoms with Gasteiger partial charge in [0.2, 0.25) is 0 Å². The van der Waals surface area contributed by atoms with E-state index in [2.05, 4.69) is 24.0 Å². The molecular formula is C12H16ClN. The van der Waals surface area contributed by atoms with Gasteiger partial charge in [-0.25, -0.2) is 0 Å². The van der Waals surface area contributed by atoms with Crippen LogP contribution in [0.25, 0.3) is 0 Å². The van der Waals surface area contributed by atoms with E-state index >= 15 is 0 Å². The molecule has 0 spiro atoms. The van der Waals surface area contributed by atoms with Gasteiger partial charge in [-0.05, 0) is 50.6 Å². The Balaban J connectivity index is 2.09. The molecule has 1 aliphatic rings. The lowest BCUT2D eigenvalue weighted by molar-refractivity contribution is 0.263. The lowest BCUT2D eigenvalue weighted by Crippen LogP contribution is -2.23. The van der Waals surface area contributed by atoms with E-state index in [4.69, 9.17) is 11.6 Å². The maximum atomic E-state index is 5.86. The van der Waals surface area contributed by atoms with Gasteiger partial charge >= 0.3 is 0 Å². The van der Waals surface area contributed by atoms with E-state index in [1.54, 1.807) is 0 Å². The third-order valence-corrected chi connectivity index (χ3v) is 3.29. The van der Waals surface area contributed by atoms with Gasteiger partial charge in [0, 0.05) is 11.1 Å². The molecule has 0 bridgehead atoms. The summed E-state index contributed by atoms with van der Waals surface area (Å²) in [4.78, 5) is 2.53. The second-order valence-electron chi connectivity index (χ2n) is 3.97. The third-order valence-electron chi connectivity index (χ3n) is 3.04. The number of nitrogens with zero attached hydrogens (tertiary/aromatic N) is 1. The van der Waals surface area contributed by atoms with Crippen LogP contribution in [0.2, 0.25) is 5.02 Å². The number of likely N-dealkylation sites (tertiary alicyclic amines) is 1. The molecule has 0 unspecified atom stereocenters. The maximum Gasteiger partial charge on any atom is 0.0406 e. The fraction of sp³-hybridized carbons (Fsp3) is 0.500. The van der Waals surface area contributed by atoms with Crippen LogP contribution < -0.4 is 0 Å². The average Bonchev–Trinajstić information content (AvgIpc) is 2.71. The molecule has 0 N–H and O–H groups in total. The van der Waals surface area contributed by atoms with Crippen molar-refractivity contribution in [1.29, 1.82) is 0 Å². The molecule has 1 saturated heterocycles. The molecule has 1 atom stereocenters. The zero-order chi connectivity index (χ0) is 9.97. The predicted octanol–water partition coefficient (Wildman–Crippen LogP) is 3.50. The van der Waals surface area contributed by atoms with Crippen LogP contribution in [0, 0.1) is 0 Å². The SMILES string of the molecule is C[C@@H](c1ccc(Cl)cc1)N1CCCC1. The minimum absolute atomic E-state index is 0.537. The van der Waals surface area contributed by atoms with Crippen LogP contribution in [-0.4, -0.2) is 18.0 Å². The van der Waals surface area contributed by atoms with E-state index < -0.39 is 0 Å². The first-order valence-corrected chi connectivity index (χ1v) is 5.64. The minimum atomic E-state index is 0.537. The molecule has 0 radical (unpaired) electrons. The van der Waals surface area contributed by atoms with Gasteiger partial charge in [-0.3, -0.25) is 4.90 Å². The van der Waals surface area contributed by atoms with Crippen LogP contribution >= 0.6 is 11.6 Å². The topological polar surface area (TPSA) is 3.24 Å². The number of benzene rings is 1. The van der Waals surface area contributed by atoms with Crippen molar-refractivity contribution in [3.05, 3.63) is 34.9 Å². The molecule has 0 saturated carbocycles. The Morgan fingerprint density at radius 1 is 1.14 bits per heavy atom. The van der Waals surface area contributed by atoms with Crippen LogP contribution in [0.15, 0.2) is 24.3 Å². The summed E-state index contributed by atoms with van der Waals surface area (Å²) in [7, 11) is 0. The Hall–Kier alpha value is -0.530. The zero-order valence-electron chi connectivity index (χ0n) is 8.54. The minimum Gasteiger partial charge on any atom is -0.297 e. The molecule has 0 amide bonds. The van der Waals surface area contributed by atoms with E-state index in [1.165, 1.54) is 31.5 Å². The molecule has 2 rings (SSSR count).